The van der Waals surface area contributed by atoms with Crippen molar-refractivity contribution in [3.05, 3.63) is 76.8 Å². The Morgan fingerprint density at radius 3 is 2.57 bits per heavy atom. The molecule has 0 saturated carbocycles. The van der Waals surface area contributed by atoms with Crippen LogP contribution < -0.4 is 9.47 Å². The van der Waals surface area contributed by atoms with Crippen LogP contribution in [0.25, 0.3) is 11.0 Å². The molecule has 0 fully saturated rings. The molecule has 0 amide bonds. The zero-order valence-corrected chi connectivity index (χ0v) is 15.5. The number of imidazole rings is 1. The van der Waals surface area contributed by atoms with E-state index in [9.17, 15) is 9.90 Å². The van der Waals surface area contributed by atoms with Gasteiger partial charge >= 0.3 is 5.97 Å². The van der Waals surface area contributed by atoms with Gasteiger partial charge < -0.3 is 19.6 Å². The lowest BCUT2D eigenvalue weighted by Crippen LogP contribution is -2.00. The number of aryl methyl sites for hydroxylation is 1. The molecule has 0 atom stereocenters. The number of ether oxygens (including phenoxy) is 2. The van der Waals surface area contributed by atoms with Gasteiger partial charge in [0, 0.05) is 6.07 Å². The molecule has 7 heteroatoms. The standard InChI is InChI=1S/C21H15ClN2O4/c1-12-7-8-14(9-15(12)20(25)26)28-21-23-17-10-16(22)19(11-18(17)24-21)27-13-5-3-2-4-6-13/h2-11H,1H3,(H,23,24)(H,25,26). The van der Waals surface area contributed by atoms with E-state index in [0.29, 0.717) is 38.9 Å². The summed E-state index contributed by atoms with van der Waals surface area (Å²) in [6, 6.07) is 17.8. The number of carboxylic acids is 1. The Bertz CT molecular complexity index is 1170. The van der Waals surface area contributed by atoms with E-state index < -0.39 is 5.97 Å². The quantitative estimate of drug-likeness (QED) is 0.446. The number of nitrogens with one attached hydrogen (secondary N) is 1. The second-order valence-corrected chi connectivity index (χ2v) is 6.55. The molecule has 6 nitrogen and oxygen atoms in total. The number of carboxylic acid groups (broad SMARTS) is 1. The molecule has 1 aromatic heterocycles. The van der Waals surface area contributed by atoms with Crippen LogP contribution in [0.15, 0.2) is 60.7 Å². The van der Waals surface area contributed by atoms with Crippen molar-refractivity contribution in [2.75, 3.05) is 0 Å². The first-order chi connectivity index (χ1) is 13.5. The predicted octanol–water partition coefficient (Wildman–Crippen LogP) is 5.81. The number of rotatable bonds is 5. The first-order valence-electron chi connectivity index (χ1n) is 8.43. The topological polar surface area (TPSA) is 84.4 Å². The number of para-hydroxylation sites is 1. The van der Waals surface area contributed by atoms with E-state index in [1.54, 1.807) is 31.2 Å². The number of fused-ring (bicyclic) bond motifs is 1. The van der Waals surface area contributed by atoms with Crippen LogP contribution in [0.1, 0.15) is 15.9 Å². The van der Waals surface area contributed by atoms with Crippen molar-refractivity contribution < 1.29 is 19.4 Å². The zero-order chi connectivity index (χ0) is 19.7. The molecular formula is C21H15ClN2O4. The number of H-pyrrole nitrogens is 1. The molecule has 1 heterocycles. The molecule has 0 aliphatic heterocycles. The fourth-order valence-electron chi connectivity index (χ4n) is 2.74. The Balaban J connectivity index is 1.63. The van der Waals surface area contributed by atoms with Gasteiger partial charge in [-0.25, -0.2) is 4.79 Å². The molecule has 0 aliphatic carbocycles. The largest absolute Gasteiger partial charge is 0.478 e. The number of hydrogen-bond donors (Lipinski definition) is 2. The van der Waals surface area contributed by atoms with Crippen molar-refractivity contribution >= 4 is 28.6 Å². The molecule has 2 N–H and O–H groups in total. The van der Waals surface area contributed by atoms with Gasteiger partial charge in [0.15, 0.2) is 0 Å². The SMILES string of the molecule is Cc1ccc(Oc2nc3cc(Oc4ccccc4)c(Cl)cc3[nH]2)cc1C(=O)O. The molecule has 4 aromatic rings. The first kappa shape index (κ1) is 17.9. The predicted molar refractivity (Wildman–Crippen MR) is 106 cm³/mol. The maximum Gasteiger partial charge on any atom is 0.336 e. The van der Waals surface area contributed by atoms with E-state index in [4.69, 9.17) is 21.1 Å². The number of carbonyl (C=O) groups is 1. The van der Waals surface area contributed by atoms with Crippen molar-refractivity contribution in [2.45, 2.75) is 6.92 Å². The summed E-state index contributed by atoms with van der Waals surface area (Å²) in [5.41, 5.74) is 2.11. The summed E-state index contributed by atoms with van der Waals surface area (Å²) >= 11 is 6.32. The number of aromatic nitrogens is 2. The molecular weight excluding hydrogens is 380 g/mol. The van der Waals surface area contributed by atoms with Crippen molar-refractivity contribution in [3.63, 3.8) is 0 Å². The molecule has 28 heavy (non-hydrogen) atoms. The van der Waals surface area contributed by atoms with Crippen LogP contribution in [0, 0.1) is 6.92 Å². The third-order valence-electron chi connectivity index (χ3n) is 4.14. The number of halogens is 1. The van der Waals surface area contributed by atoms with Crippen molar-refractivity contribution in [2.24, 2.45) is 0 Å². The van der Waals surface area contributed by atoms with Crippen LogP contribution in [0.3, 0.4) is 0 Å². The van der Waals surface area contributed by atoms with Crippen molar-refractivity contribution in [1.29, 1.82) is 0 Å². The summed E-state index contributed by atoms with van der Waals surface area (Å²) in [5.74, 6) is 0.495. The third-order valence-corrected chi connectivity index (χ3v) is 4.43. The number of benzene rings is 3. The van der Waals surface area contributed by atoms with E-state index >= 15 is 0 Å². The van der Waals surface area contributed by atoms with Crippen LogP contribution >= 0.6 is 11.6 Å². The fraction of sp³-hybridized carbons (Fsp3) is 0.0476. The summed E-state index contributed by atoms with van der Waals surface area (Å²) in [7, 11) is 0. The lowest BCUT2D eigenvalue weighted by atomic mass is 10.1. The maximum atomic E-state index is 11.3. The Hall–Kier alpha value is -3.51. The number of nitrogens with zero attached hydrogens (tertiary/aromatic N) is 1. The van der Waals surface area contributed by atoms with Crippen LogP contribution in [0.4, 0.5) is 0 Å². The fourth-order valence-corrected chi connectivity index (χ4v) is 2.94. The second kappa shape index (κ2) is 7.25. The molecule has 0 aliphatic rings. The van der Waals surface area contributed by atoms with Crippen LogP contribution in [0.5, 0.6) is 23.3 Å². The average molecular weight is 395 g/mol. The lowest BCUT2D eigenvalue weighted by Gasteiger charge is -2.06. The van der Waals surface area contributed by atoms with E-state index in [0.717, 1.165) is 0 Å². The summed E-state index contributed by atoms with van der Waals surface area (Å²) in [6.45, 7) is 1.73. The lowest BCUT2D eigenvalue weighted by molar-refractivity contribution is 0.0695. The molecule has 3 aromatic carbocycles. The summed E-state index contributed by atoms with van der Waals surface area (Å²) in [4.78, 5) is 18.7. The highest BCUT2D eigenvalue weighted by atomic mass is 35.5. The monoisotopic (exact) mass is 394 g/mol. The van der Waals surface area contributed by atoms with Crippen LogP contribution in [-0.2, 0) is 0 Å². The highest BCUT2D eigenvalue weighted by molar-refractivity contribution is 6.32. The van der Waals surface area contributed by atoms with Gasteiger partial charge in [-0.1, -0.05) is 35.9 Å². The van der Waals surface area contributed by atoms with Gasteiger partial charge in [0.1, 0.15) is 17.2 Å². The van der Waals surface area contributed by atoms with E-state index in [1.165, 1.54) is 6.07 Å². The molecule has 0 bridgehead atoms. The first-order valence-corrected chi connectivity index (χ1v) is 8.81. The minimum Gasteiger partial charge on any atom is -0.478 e. The van der Waals surface area contributed by atoms with Crippen molar-refractivity contribution in [3.8, 4) is 23.3 Å². The maximum absolute atomic E-state index is 11.3. The minimum atomic E-state index is -1.01. The van der Waals surface area contributed by atoms with Gasteiger partial charge in [-0.3, -0.25) is 0 Å². The van der Waals surface area contributed by atoms with E-state index in [1.807, 2.05) is 30.3 Å². The van der Waals surface area contributed by atoms with Crippen LogP contribution in [-0.4, -0.2) is 21.0 Å². The van der Waals surface area contributed by atoms with Gasteiger partial charge in [-0.15, -0.1) is 0 Å². The molecule has 4 rings (SSSR count). The molecule has 0 radical (unpaired) electrons. The Morgan fingerprint density at radius 2 is 1.82 bits per heavy atom. The second-order valence-electron chi connectivity index (χ2n) is 6.14. The Labute approximate surface area is 165 Å². The molecule has 0 spiro atoms. The van der Waals surface area contributed by atoms with Gasteiger partial charge in [0.25, 0.3) is 6.01 Å². The normalized spacial score (nSPS) is 10.8. The smallest absolute Gasteiger partial charge is 0.336 e. The number of hydrogen-bond acceptors (Lipinski definition) is 4. The van der Waals surface area contributed by atoms with Gasteiger partial charge in [-0.2, -0.15) is 4.98 Å². The zero-order valence-electron chi connectivity index (χ0n) is 14.8. The van der Waals surface area contributed by atoms with Gasteiger partial charge in [0.2, 0.25) is 0 Å². The molecule has 0 unspecified atom stereocenters. The number of aromatic amines is 1. The molecule has 140 valence electrons. The van der Waals surface area contributed by atoms with Gasteiger partial charge in [0.05, 0.1) is 21.6 Å². The van der Waals surface area contributed by atoms with E-state index in [-0.39, 0.29) is 11.6 Å². The Kier molecular flexibility index (Phi) is 4.63. The third kappa shape index (κ3) is 3.63. The summed E-state index contributed by atoms with van der Waals surface area (Å²) in [6.07, 6.45) is 0. The average Bonchev–Trinajstić information content (AvgIpc) is 3.05. The minimum absolute atomic E-state index is 0.176. The van der Waals surface area contributed by atoms with Crippen LogP contribution in [0.2, 0.25) is 5.02 Å². The highest BCUT2D eigenvalue weighted by Crippen LogP contribution is 2.34. The summed E-state index contributed by atoms with van der Waals surface area (Å²) < 4.78 is 11.5. The number of aromatic carboxylic acids is 1. The summed E-state index contributed by atoms with van der Waals surface area (Å²) in [5, 5.41) is 9.67. The Morgan fingerprint density at radius 1 is 1.04 bits per heavy atom. The van der Waals surface area contributed by atoms with Crippen molar-refractivity contribution in [1.82, 2.24) is 9.97 Å². The van der Waals surface area contributed by atoms with E-state index in [2.05, 4.69) is 9.97 Å². The highest BCUT2D eigenvalue weighted by Gasteiger charge is 2.13. The van der Waals surface area contributed by atoms with Gasteiger partial charge in [-0.05, 0) is 42.8 Å². The molecule has 0 saturated heterocycles.